The van der Waals surface area contributed by atoms with E-state index in [1.807, 2.05) is 6.07 Å². The van der Waals surface area contributed by atoms with Gasteiger partial charge >= 0.3 is 0 Å². The van der Waals surface area contributed by atoms with Crippen molar-refractivity contribution < 1.29 is 0 Å². The molecule has 0 aromatic heterocycles. The molecule has 0 aliphatic carbocycles. The van der Waals surface area contributed by atoms with Crippen LogP contribution in [-0.4, -0.2) is 5.75 Å². The molecule has 37 valence electrons. The van der Waals surface area contributed by atoms with Crippen molar-refractivity contribution >= 4 is 12.6 Å². The molecule has 0 rings (SSSR count). The highest BCUT2D eigenvalue weighted by atomic mass is 32.1. The summed E-state index contributed by atoms with van der Waals surface area (Å²) in [6, 6.07) is 1.97. The van der Waals surface area contributed by atoms with Gasteiger partial charge in [-0.1, -0.05) is 24.8 Å². The lowest BCUT2D eigenvalue weighted by atomic mass is 10.4. The summed E-state index contributed by atoms with van der Waals surface area (Å²) in [7, 11) is 0. The molecule has 0 saturated carbocycles. The minimum absolute atomic E-state index is 0.483. The van der Waals surface area contributed by atoms with Gasteiger partial charge in [-0.3, -0.25) is 0 Å². The number of hydrogen-bond donors (Lipinski definition) is 0. The van der Waals surface area contributed by atoms with E-state index in [1.54, 1.807) is 12.2 Å². The lowest BCUT2D eigenvalue weighted by molar-refractivity contribution is 1.35. The average molecular weight is 112 g/mol. The van der Waals surface area contributed by atoms with E-state index in [4.69, 9.17) is 5.26 Å². The van der Waals surface area contributed by atoms with Gasteiger partial charge in [-0.15, -0.1) is 0 Å². The smallest absolute Gasteiger partial charge is 0.0663 e. The minimum atomic E-state index is 0.483. The number of nitrogens with zero attached hydrogens (tertiary/aromatic N) is 1. The fourth-order valence-electron chi connectivity index (χ4n) is 0.204. The maximum atomic E-state index is 7.96. The van der Waals surface area contributed by atoms with E-state index in [1.165, 1.54) is 0 Å². The molecule has 1 nitrogen and oxygen atoms in total. The first kappa shape index (κ1) is 6.58. The Morgan fingerprint density at radius 2 is 2.29 bits per heavy atom. The average Bonchev–Trinajstić information content (AvgIpc) is 1.69. The fourth-order valence-corrected chi connectivity index (χ4v) is 0.340. The number of allylic oxidation sites excluding steroid dienone is 1. The van der Waals surface area contributed by atoms with Gasteiger partial charge in [-0.05, 0) is 0 Å². The monoisotopic (exact) mass is 112 g/mol. The van der Waals surface area contributed by atoms with Gasteiger partial charge < -0.3 is 0 Å². The molecule has 7 heavy (non-hydrogen) atoms. The Balaban J connectivity index is 2.97. The molecular formula is C5H6NS. The summed E-state index contributed by atoms with van der Waals surface area (Å²) in [5, 5.41) is 7.96. The van der Waals surface area contributed by atoms with E-state index in [-0.39, 0.29) is 0 Å². The molecule has 2 heteroatoms. The van der Waals surface area contributed by atoms with Gasteiger partial charge in [0, 0.05) is 5.75 Å². The second-order valence-corrected chi connectivity index (χ2v) is 1.33. The van der Waals surface area contributed by atoms with Gasteiger partial charge in [0.15, 0.2) is 0 Å². The predicted molar refractivity (Wildman–Crippen MR) is 31.8 cm³/mol. The molecule has 0 N–H and O–H groups in total. The summed E-state index contributed by atoms with van der Waals surface area (Å²) in [5.41, 5.74) is 0. The fraction of sp³-hybridized carbons (Fsp3) is 0.400. The summed E-state index contributed by atoms with van der Waals surface area (Å²) in [4.78, 5) is 0. The molecular weight excluding hydrogens is 106 g/mol. The molecule has 0 spiro atoms. The van der Waals surface area contributed by atoms with Gasteiger partial charge in [-0.25, -0.2) is 0 Å². The second kappa shape index (κ2) is 5.58. The Hall–Kier alpha value is -0.420. The molecule has 0 atom stereocenters. The topological polar surface area (TPSA) is 23.8 Å². The summed E-state index contributed by atoms with van der Waals surface area (Å²) >= 11 is 4.57. The van der Waals surface area contributed by atoms with Crippen LogP contribution in [0.4, 0.5) is 0 Å². The predicted octanol–water partition coefficient (Wildman–Crippen LogP) is 1.65. The first-order valence-electron chi connectivity index (χ1n) is 2.02. The van der Waals surface area contributed by atoms with Crippen LogP contribution < -0.4 is 0 Å². The highest BCUT2D eigenvalue weighted by molar-refractivity contribution is 7.80. The standard InChI is InChI=1S/C5H6NS/c6-4-2-1-3-5-7/h1,3H,2,5H2/b3-1+. The first-order chi connectivity index (χ1) is 3.41. The molecule has 0 unspecified atom stereocenters. The van der Waals surface area contributed by atoms with Gasteiger partial charge in [0.05, 0.1) is 12.5 Å². The Kier molecular flexibility index (Phi) is 5.25. The van der Waals surface area contributed by atoms with Crippen LogP contribution in [0.15, 0.2) is 12.2 Å². The quantitative estimate of drug-likeness (QED) is 0.498. The molecule has 0 aromatic carbocycles. The van der Waals surface area contributed by atoms with Gasteiger partial charge in [-0.2, -0.15) is 5.26 Å². The lowest BCUT2D eigenvalue weighted by Gasteiger charge is -1.69. The first-order valence-corrected chi connectivity index (χ1v) is 2.59. The van der Waals surface area contributed by atoms with Crippen LogP contribution >= 0.6 is 12.6 Å². The highest BCUT2D eigenvalue weighted by Crippen LogP contribution is 1.80. The molecule has 0 heterocycles. The molecule has 0 bridgehead atoms. The van der Waals surface area contributed by atoms with Crippen LogP contribution in [-0.2, 0) is 0 Å². The molecule has 0 aliphatic rings. The molecule has 0 saturated heterocycles. The molecule has 0 fully saturated rings. The SMILES string of the molecule is N#CC/C=C/C[S]. The highest BCUT2D eigenvalue weighted by Gasteiger charge is 1.66. The van der Waals surface area contributed by atoms with Crippen molar-refractivity contribution in [2.45, 2.75) is 6.42 Å². The van der Waals surface area contributed by atoms with E-state index in [9.17, 15) is 0 Å². The van der Waals surface area contributed by atoms with Gasteiger partial charge in [0.1, 0.15) is 0 Å². The second-order valence-electron chi connectivity index (χ2n) is 1.00. The van der Waals surface area contributed by atoms with Crippen molar-refractivity contribution in [2.75, 3.05) is 5.75 Å². The van der Waals surface area contributed by atoms with Gasteiger partial charge in [0.25, 0.3) is 0 Å². The van der Waals surface area contributed by atoms with Crippen LogP contribution in [0.5, 0.6) is 0 Å². The number of hydrogen-bond acceptors (Lipinski definition) is 1. The van der Waals surface area contributed by atoms with Crippen molar-refractivity contribution in [2.24, 2.45) is 0 Å². The molecule has 0 aromatic rings. The maximum absolute atomic E-state index is 7.96. The third kappa shape index (κ3) is 5.58. The van der Waals surface area contributed by atoms with E-state index < -0.39 is 0 Å². The Labute approximate surface area is 49.1 Å². The number of rotatable bonds is 2. The summed E-state index contributed by atoms with van der Waals surface area (Å²) in [5.74, 6) is 0.613. The maximum Gasteiger partial charge on any atom is 0.0663 e. The van der Waals surface area contributed by atoms with Crippen LogP contribution in [0.3, 0.4) is 0 Å². The molecule has 0 aliphatic heterocycles. The minimum Gasteiger partial charge on any atom is -0.198 e. The molecule has 0 amide bonds. The largest absolute Gasteiger partial charge is 0.198 e. The Morgan fingerprint density at radius 3 is 2.71 bits per heavy atom. The zero-order valence-corrected chi connectivity index (χ0v) is 4.74. The van der Waals surface area contributed by atoms with Crippen molar-refractivity contribution in [3.63, 3.8) is 0 Å². The van der Waals surface area contributed by atoms with Crippen LogP contribution in [0, 0.1) is 11.3 Å². The Morgan fingerprint density at radius 1 is 1.57 bits per heavy atom. The summed E-state index contributed by atoms with van der Waals surface area (Å²) < 4.78 is 0. The van der Waals surface area contributed by atoms with Crippen molar-refractivity contribution in [3.8, 4) is 6.07 Å². The normalized spacial score (nSPS) is 9.14. The third-order valence-electron chi connectivity index (χ3n) is 0.472. The van der Waals surface area contributed by atoms with E-state index in [0.29, 0.717) is 12.2 Å². The molecule has 1 radical (unpaired) electrons. The third-order valence-corrected chi connectivity index (χ3v) is 0.664. The van der Waals surface area contributed by atoms with E-state index in [0.717, 1.165) is 0 Å². The summed E-state index contributed by atoms with van der Waals surface area (Å²) in [6.45, 7) is 0. The van der Waals surface area contributed by atoms with Crippen molar-refractivity contribution in [3.05, 3.63) is 12.2 Å². The Bertz CT molecular complexity index is 90.7. The van der Waals surface area contributed by atoms with E-state index in [2.05, 4.69) is 12.6 Å². The van der Waals surface area contributed by atoms with Crippen LogP contribution in [0.2, 0.25) is 0 Å². The lowest BCUT2D eigenvalue weighted by Crippen LogP contribution is -1.58. The van der Waals surface area contributed by atoms with E-state index >= 15 is 0 Å². The zero-order valence-electron chi connectivity index (χ0n) is 3.92. The van der Waals surface area contributed by atoms with Crippen LogP contribution in [0.1, 0.15) is 6.42 Å². The van der Waals surface area contributed by atoms with Gasteiger partial charge in [0.2, 0.25) is 0 Å². The van der Waals surface area contributed by atoms with Crippen LogP contribution in [0.25, 0.3) is 0 Å². The summed E-state index contributed by atoms with van der Waals surface area (Å²) in [6.07, 6.45) is 4.06. The number of nitriles is 1. The van der Waals surface area contributed by atoms with Crippen molar-refractivity contribution in [1.82, 2.24) is 0 Å². The van der Waals surface area contributed by atoms with Crippen molar-refractivity contribution in [1.29, 1.82) is 5.26 Å². The zero-order chi connectivity index (χ0) is 5.54.